The molecule has 3 amide bonds. The molecule has 0 radical (unpaired) electrons. The lowest BCUT2D eigenvalue weighted by Gasteiger charge is -2.37. The third-order valence-corrected chi connectivity index (χ3v) is 7.21. The fourth-order valence-electron chi connectivity index (χ4n) is 5.09. The monoisotopic (exact) mass is 453 g/mol. The molecular formula is C25H35N5O3. The van der Waals surface area contributed by atoms with Crippen LogP contribution in [-0.4, -0.2) is 70.2 Å². The number of hydrogen-bond acceptors (Lipinski definition) is 4. The van der Waals surface area contributed by atoms with E-state index in [-0.39, 0.29) is 23.6 Å². The van der Waals surface area contributed by atoms with Crippen LogP contribution in [0.2, 0.25) is 0 Å². The number of aromatic nitrogens is 2. The van der Waals surface area contributed by atoms with Crippen molar-refractivity contribution in [1.29, 1.82) is 0 Å². The topological polar surface area (TPSA) is 98.4 Å². The number of fused-ring (bicyclic) bond motifs is 1. The van der Waals surface area contributed by atoms with E-state index >= 15 is 0 Å². The van der Waals surface area contributed by atoms with Gasteiger partial charge in [-0.2, -0.15) is 0 Å². The number of rotatable bonds is 7. The Morgan fingerprint density at radius 2 is 1.79 bits per heavy atom. The molecule has 2 fully saturated rings. The number of hydrogen-bond donors (Lipinski definition) is 2. The average molecular weight is 454 g/mol. The molecule has 0 spiro atoms. The van der Waals surface area contributed by atoms with E-state index in [1.54, 1.807) is 19.3 Å². The maximum Gasteiger partial charge on any atom is 0.267 e. The Kier molecular flexibility index (Phi) is 7.62. The minimum Gasteiger partial charge on any atom is -0.351 e. The molecule has 2 aliphatic heterocycles. The van der Waals surface area contributed by atoms with Gasteiger partial charge in [-0.25, -0.2) is 0 Å². The average Bonchev–Trinajstić information content (AvgIpc) is 3.28. The van der Waals surface area contributed by atoms with Gasteiger partial charge in [0.05, 0.1) is 0 Å². The van der Waals surface area contributed by atoms with Gasteiger partial charge < -0.3 is 20.1 Å². The summed E-state index contributed by atoms with van der Waals surface area (Å²) in [7, 11) is 0. The molecule has 0 unspecified atom stereocenters. The largest absolute Gasteiger partial charge is 0.351 e. The van der Waals surface area contributed by atoms with Crippen molar-refractivity contribution in [3.8, 4) is 0 Å². The minimum atomic E-state index is -0.0767. The lowest BCUT2D eigenvalue weighted by atomic mass is 9.89. The van der Waals surface area contributed by atoms with Crippen molar-refractivity contribution in [3.63, 3.8) is 0 Å². The summed E-state index contributed by atoms with van der Waals surface area (Å²) in [4.78, 5) is 47.8. The van der Waals surface area contributed by atoms with Crippen molar-refractivity contribution < 1.29 is 14.4 Å². The standard InChI is InChI=1S/C25H35N5O3/c1-18(31)29-14-8-20(9-15-29)25(33)30-12-6-19(7-13-30)4-2-3-10-27-24(32)23-16-21-17-26-11-5-22(21)28-23/h5,11,16-17,19-20,28H,2-4,6-10,12-15H2,1H3,(H,27,32). The number of likely N-dealkylation sites (tertiary alicyclic amines) is 2. The lowest BCUT2D eigenvalue weighted by molar-refractivity contribution is -0.141. The van der Waals surface area contributed by atoms with Gasteiger partial charge in [0.25, 0.3) is 5.91 Å². The van der Waals surface area contributed by atoms with Crippen LogP contribution in [0.4, 0.5) is 0 Å². The second kappa shape index (κ2) is 10.8. The number of pyridine rings is 1. The van der Waals surface area contributed by atoms with Crippen LogP contribution in [0.5, 0.6) is 0 Å². The molecular weight excluding hydrogens is 418 g/mol. The van der Waals surface area contributed by atoms with E-state index in [0.717, 1.165) is 68.9 Å². The first-order valence-corrected chi connectivity index (χ1v) is 12.3. The highest BCUT2D eigenvalue weighted by atomic mass is 16.2. The van der Waals surface area contributed by atoms with Crippen LogP contribution in [0.15, 0.2) is 24.5 Å². The van der Waals surface area contributed by atoms with Gasteiger partial charge in [0.2, 0.25) is 11.8 Å². The normalized spacial score (nSPS) is 18.0. The molecule has 8 heteroatoms. The fourth-order valence-corrected chi connectivity index (χ4v) is 5.09. The van der Waals surface area contributed by atoms with Gasteiger partial charge >= 0.3 is 0 Å². The molecule has 2 aliphatic rings. The minimum absolute atomic E-state index is 0.0767. The number of amides is 3. The predicted molar refractivity (Wildman–Crippen MR) is 127 cm³/mol. The third kappa shape index (κ3) is 5.92. The van der Waals surface area contributed by atoms with Crippen LogP contribution in [0.25, 0.3) is 10.9 Å². The molecule has 2 saturated heterocycles. The summed E-state index contributed by atoms with van der Waals surface area (Å²) in [5.74, 6) is 1.05. The second-order valence-electron chi connectivity index (χ2n) is 9.45. The number of nitrogens with zero attached hydrogens (tertiary/aromatic N) is 3. The van der Waals surface area contributed by atoms with Crippen molar-refractivity contribution >= 4 is 28.6 Å². The number of nitrogens with one attached hydrogen (secondary N) is 2. The second-order valence-corrected chi connectivity index (χ2v) is 9.45. The number of unbranched alkanes of at least 4 members (excludes halogenated alkanes) is 1. The SMILES string of the molecule is CC(=O)N1CCC(C(=O)N2CCC(CCCCNC(=O)c3cc4cnccc4[nH]3)CC2)CC1. The van der Waals surface area contributed by atoms with Crippen molar-refractivity contribution in [2.75, 3.05) is 32.7 Å². The highest BCUT2D eigenvalue weighted by Gasteiger charge is 2.31. The fraction of sp³-hybridized carbons (Fsp3) is 0.600. The number of piperidine rings is 2. The lowest BCUT2D eigenvalue weighted by Crippen LogP contribution is -2.46. The van der Waals surface area contributed by atoms with Crippen molar-refractivity contribution in [3.05, 3.63) is 30.2 Å². The Hall–Kier alpha value is -2.90. The van der Waals surface area contributed by atoms with Crippen LogP contribution in [0.1, 0.15) is 62.4 Å². The van der Waals surface area contributed by atoms with Crippen molar-refractivity contribution in [2.45, 2.75) is 51.9 Å². The maximum atomic E-state index is 12.8. The van der Waals surface area contributed by atoms with Crippen LogP contribution in [0.3, 0.4) is 0 Å². The van der Waals surface area contributed by atoms with Crippen LogP contribution >= 0.6 is 0 Å². The summed E-state index contributed by atoms with van der Waals surface area (Å²) < 4.78 is 0. The summed E-state index contributed by atoms with van der Waals surface area (Å²) in [5, 5.41) is 3.94. The zero-order chi connectivity index (χ0) is 23.2. The molecule has 0 bridgehead atoms. The van der Waals surface area contributed by atoms with E-state index in [9.17, 15) is 14.4 Å². The first-order valence-electron chi connectivity index (χ1n) is 12.3. The molecule has 0 aromatic carbocycles. The summed E-state index contributed by atoms with van der Waals surface area (Å²) in [6.45, 7) is 5.38. The first kappa shape index (κ1) is 23.3. The van der Waals surface area contributed by atoms with Gasteiger partial charge in [-0.1, -0.05) is 12.8 Å². The quantitative estimate of drug-likeness (QED) is 0.630. The van der Waals surface area contributed by atoms with Gasteiger partial charge in [0, 0.05) is 68.9 Å². The predicted octanol–water partition coefficient (Wildman–Crippen LogP) is 2.96. The highest BCUT2D eigenvalue weighted by molar-refractivity contribution is 5.97. The zero-order valence-electron chi connectivity index (χ0n) is 19.5. The van der Waals surface area contributed by atoms with E-state index in [4.69, 9.17) is 0 Å². The Morgan fingerprint density at radius 3 is 2.48 bits per heavy atom. The summed E-state index contributed by atoms with van der Waals surface area (Å²) >= 11 is 0. The van der Waals surface area contributed by atoms with Gasteiger partial charge in [0.15, 0.2) is 0 Å². The molecule has 2 N–H and O–H groups in total. The molecule has 0 aliphatic carbocycles. The van der Waals surface area contributed by atoms with E-state index in [1.165, 1.54) is 0 Å². The maximum absolute atomic E-state index is 12.8. The van der Waals surface area contributed by atoms with E-state index in [0.29, 0.717) is 31.2 Å². The molecule has 4 rings (SSSR count). The Morgan fingerprint density at radius 1 is 1.06 bits per heavy atom. The van der Waals surface area contributed by atoms with Gasteiger partial charge in [0.1, 0.15) is 5.69 Å². The van der Waals surface area contributed by atoms with Crippen LogP contribution in [0, 0.1) is 11.8 Å². The smallest absolute Gasteiger partial charge is 0.267 e. The van der Waals surface area contributed by atoms with Gasteiger partial charge in [-0.05, 0) is 50.2 Å². The molecule has 0 atom stereocenters. The Balaban J connectivity index is 1.09. The van der Waals surface area contributed by atoms with Crippen LogP contribution < -0.4 is 5.32 Å². The summed E-state index contributed by atoms with van der Waals surface area (Å²) in [6.07, 6.45) is 10.4. The molecule has 8 nitrogen and oxygen atoms in total. The number of carbonyl (C=O) groups excluding carboxylic acids is 3. The number of carbonyl (C=O) groups is 3. The molecule has 4 heterocycles. The molecule has 0 saturated carbocycles. The van der Waals surface area contributed by atoms with Crippen LogP contribution in [-0.2, 0) is 9.59 Å². The van der Waals surface area contributed by atoms with E-state index < -0.39 is 0 Å². The summed E-state index contributed by atoms with van der Waals surface area (Å²) in [5.41, 5.74) is 1.49. The zero-order valence-corrected chi connectivity index (χ0v) is 19.5. The van der Waals surface area contributed by atoms with Gasteiger partial charge in [-0.15, -0.1) is 0 Å². The molecule has 2 aromatic heterocycles. The molecule has 2 aromatic rings. The third-order valence-electron chi connectivity index (χ3n) is 7.21. The Bertz CT molecular complexity index is 938. The van der Waals surface area contributed by atoms with E-state index in [1.807, 2.05) is 21.9 Å². The molecule has 33 heavy (non-hydrogen) atoms. The number of aromatic amines is 1. The Labute approximate surface area is 195 Å². The first-order chi connectivity index (χ1) is 16.0. The van der Waals surface area contributed by atoms with Gasteiger partial charge in [-0.3, -0.25) is 19.4 Å². The molecule has 178 valence electrons. The summed E-state index contributed by atoms with van der Waals surface area (Å²) in [6, 6.07) is 3.70. The van der Waals surface area contributed by atoms with E-state index in [2.05, 4.69) is 15.3 Å². The van der Waals surface area contributed by atoms with Crippen molar-refractivity contribution in [1.82, 2.24) is 25.1 Å². The number of H-pyrrole nitrogens is 1. The van der Waals surface area contributed by atoms with Crippen molar-refractivity contribution in [2.24, 2.45) is 11.8 Å². The highest BCUT2D eigenvalue weighted by Crippen LogP contribution is 2.26.